The van der Waals surface area contributed by atoms with Crippen LogP contribution in [0.1, 0.15) is 56.2 Å². The zero-order valence-electron chi connectivity index (χ0n) is 21.4. The summed E-state index contributed by atoms with van der Waals surface area (Å²) in [6.07, 6.45) is 4.14. The molecule has 3 heterocycles. The Morgan fingerprint density at radius 1 is 0.833 bits per heavy atom. The molecule has 0 radical (unpaired) electrons. The zero-order valence-corrected chi connectivity index (χ0v) is 21.4. The second-order valence-electron chi connectivity index (χ2n) is 11.5. The lowest BCUT2D eigenvalue weighted by Gasteiger charge is -2.30. The molecular formula is C33H31NO2. The number of rotatable bonds is 1. The number of hydrogen-bond acceptors (Lipinski definition) is 3. The quantitative estimate of drug-likeness (QED) is 0.224. The number of hydrogen-bond donors (Lipinski definition) is 0. The highest BCUT2D eigenvalue weighted by atomic mass is 16.5. The summed E-state index contributed by atoms with van der Waals surface area (Å²) < 4.78 is 12.5. The molecule has 0 aliphatic carbocycles. The Hall–Kier alpha value is -3.43. The van der Waals surface area contributed by atoms with Gasteiger partial charge in [0, 0.05) is 30.5 Å². The lowest BCUT2D eigenvalue weighted by Crippen LogP contribution is -2.15. The van der Waals surface area contributed by atoms with Gasteiger partial charge in [0.2, 0.25) is 0 Å². The standard InChI is InChI=1S/C33H31NO2/c1-19-5-7-25-22(15-19)17-27-31-29-26(9-12-34-31)24-8-6-21(20-10-13-35-14-11-20)16-23(24)18-28(29)36-32(27)30(25)33(2,3)4/h5-9,12,15-18,20H,10-11,13-14H2,1-4H3. The monoisotopic (exact) mass is 473 g/mol. The van der Waals surface area contributed by atoms with Gasteiger partial charge in [-0.2, -0.15) is 0 Å². The maximum atomic E-state index is 6.88. The predicted octanol–water partition coefficient (Wildman–Crippen LogP) is 8.81. The van der Waals surface area contributed by atoms with Gasteiger partial charge in [-0.1, -0.05) is 62.7 Å². The number of aryl methyl sites for hydroxylation is 1. The van der Waals surface area contributed by atoms with Crippen LogP contribution in [0.3, 0.4) is 0 Å². The van der Waals surface area contributed by atoms with Crippen LogP contribution >= 0.6 is 0 Å². The van der Waals surface area contributed by atoms with Gasteiger partial charge in [-0.25, -0.2) is 0 Å². The van der Waals surface area contributed by atoms with Crippen molar-refractivity contribution in [2.24, 2.45) is 0 Å². The van der Waals surface area contributed by atoms with Crippen molar-refractivity contribution in [3.8, 4) is 22.8 Å². The number of aromatic nitrogens is 1. The van der Waals surface area contributed by atoms with Crippen LogP contribution in [0, 0.1) is 6.92 Å². The van der Waals surface area contributed by atoms with Crippen LogP contribution in [0.5, 0.6) is 11.5 Å². The Labute approximate surface area is 212 Å². The van der Waals surface area contributed by atoms with Crippen LogP contribution in [0.25, 0.3) is 43.6 Å². The van der Waals surface area contributed by atoms with Gasteiger partial charge in [-0.3, -0.25) is 4.98 Å². The molecule has 1 aromatic heterocycles. The van der Waals surface area contributed by atoms with Crippen molar-refractivity contribution in [3.05, 3.63) is 77.5 Å². The molecule has 0 atom stereocenters. The van der Waals surface area contributed by atoms with E-state index in [9.17, 15) is 0 Å². The molecule has 0 N–H and O–H groups in total. The third-order valence-corrected chi connectivity index (χ3v) is 8.01. The summed E-state index contributed by atoms with van der Waals surface area (Å²) in [5, 5.41) is 7.31. The lowest BCUT2D eigenvalue weighted by molar-refractivity contribution is 0.0853. The molecule has 3 heteroatoms. The summed E-state index contributed by atoms with van der Waals surface area (Å²) in [4.78, 5) is 4.94. The van der Waals surface area contributed by atoms with E-state index >= 15 is 0 Å². The van der Waals surface area contributed by atoms with E-state index in [1.807, 2.05) is 6.20 Å². The average molecular weight is 474 g/mol. The number of benzene rings is 4. The number of pyridine rings is 1. The highest BCUT2D eigenvalue weighted by Gasteiger charge is 2.31. The molecule has 0 spiro atoms. The summed E-state index contributed by atoms with van der Waals surface area (Å²) in [7, 11) is 0. The molecule has 1 fully saturated rings. The molecule has 180 valence electrons. The number of nitrogens with zero attached hydrogens (tertiary/aromatic N) is 1. The van der Waals surface area contributed by atoms with Crippen molar-refractivity contribution < 1.29 is 9.47 Å². The van der Waals surface area contributed by atoms with Crippen molar-refractivity contribution in [3.63, 3.8) is 0 Å². The molecule has 7 rings (SSSR count). The topological polar surface area (TPSA) is 31.4 Å². The van der Waals surface area contributed by atoms with Gasteiger partial charge in [0.05, 0.1) is 11.1 Å². The fourth-order valence-electron chi connectivity index (χ4n) is 6.31. The smallest absolute Gasteiger partial charge is 0.141 e. The van der Waals surface area contributed by atoms with E-state index in [-0.39, 0.29) is 5.41 Å². The van der Waals surface area contributed by atoms with Crippen molar-refractivity contribution in [2.45, 2.75) is 51.9 Å². The summed E-state index contributed by atoms with van der Waals surface area (Å²) in [6.45, 7) is 10.7. The largest absolute Gasteiger partial charge is 0.456 e. The molecule has 2 aliphatic heterocycles. The van der Waals surface area contributed by atoms with Crippen LogP contribution in [0.15, 0.2) is 60.8 Å². The molecule has 2 aliphatic rings. The first-order valence-electron chi connectivity index (χ1n) is 13.1. The van der Waals surface area contributed by atoms with Gasteiger partial charge in [0.1, 0.15) is 11.5 Å². The van der Waals surface area contributed by atoms with E-state index in [2.05, 4.69) is 82.3 Å². The van der Waals surface area contributed by atoms with Gasteiger partial charge in [-0.15, -0.1) is 0 Å². The molecule has 1 saturated heterocycles. The van der Waals surface area contributed by atoms with Gasteiger partial charge in [-0.05, 0) is 81.8 Å². The molecule has 0 unspecified atom stereocenters. The molecule has 0 bridgehead atoms. The third-order valence-electron chi connectivity index (χ3n) is 8.01. The van der Waals surface area contributed by atoms with E-state index < -0.39 is 0 Å². The van der Waals surface area contributed by atoms with Crippen LogP contribution in [-0.4, -0.2) is 18.2 Å². The Kier molecular flexibility index (Phi) is 4.72. The maximum Gasteiger partial charge on any atom is 0.141 e. The van der Waals surface area contributed by atoms with E-state index in [1.54, 1.807) is 0 Å². The normalized spacial score (nSPS) is 15.9. The SMILES string of the molecule is Cc1ccc2c(C(C)(C)C)c3c(cc2c1)-c1nccc2c1c(cc1cc(C4CCOCC4)ccc12)O3. The summed E-state index contributed by atoms with van der Waals surface area (Å²) in [5.74, 6) is 2.42. The van der Waals surface area contributed by atoms with Crippen molar-refractivity contribution >= 4 is 32.3 Å². The van der Waals surface area contributed by atoms with Crippen molar-refractivity contribution in [1.29, 1.82) is 0 Å². The Morgan fingerprint density at radius 2 is 1.61 bits per heavy atom. The first-order valence-corrected chi connectivity index (χ1v) is 13.1. The van der Waals surface area contributed by atoms with Gasteiger partial charge in [0.15, 0.2) is 0 Å². The first-order chi connectivity index (χ1) is 17.4. The second-order valence-corrected chi connectivity index (χ2v) is 11.5. The second kappa shape index (κ2) is 7.78. The molecular weight excluding hydrogens is 442 g/mol. The summed E-state index contributed by atoms with van der Waals surface area (Å²) >= 11 is 0. The van der Waals surface area contributed by atoms with Crippen molar-refractivity contribution in [1.82, 2.24) is 4.98 Å². The summed E-state index contributed by atoms with van der Waals surface area (Å²) in [6, 6.07) is 20.4. The minimum atomic E-state index is -0.0860. The molecule has 0 saturated carbocycles. The molecule has 0 amide bonds. The van der Waals surface area contributed by atoms with E-state index in [0.717, 1.165) is 54.2 Å². The fourth-order valence-corrected chi connectivity index (χ4v) is 6.31. The fraction of sp³-hybridized carbons (Fsp3) is 0.303. The Bertz CT molecular complexity index is 1690. The lowest BCUT2D eigenvalue weighted by atomic mass is 9.80. The predicted molar refractivity (Wildman–Crippen MR) is 148 cm³/mol. The highest BCUT2D eigenvalue weighted by molar-refractivity contribution is 6.16. The van der Waals surface area contributed by atoms with Crippen LogP contribution < -0.4 is 4.74 Å². The number of ether oxygens (including phenoxy) is 2. The molecule has 3 nitrogen and oxygen atoms in total. The molecule has 5 aromatic rings. The minimum absolute atomic E-state index is 0.0860. The number of fused-ring (bicyclic) bond motifs is 5. The third kappa shape index (κ3) is 3.26. The minimum Gasteiger partial charge on any atom is -0.456 e. The van der Waals surface area contributed by atoms with E-state index in [0.29, 0.717) is 5.92 Å². The van der Waals surface area contributed by atoms with Crippen molar-refractivity contribution in [2.75, 3.05) is 13.2 Å². The molecule has 4 aromatic carbocycles. The van der Waals surface area contributed by atoms with Gasteiger partial charge >= 0.3 is 0 Å². The maximum absolute atomic E-state index is 6.88. The first kappa shape index (κ1) is 21.8. The van der Waals surface area contributed by atoms with Gasteiger partial charge < -0.3 is 9.47 Å². The van der Waals surface area contributed by atoms with Crippen LogP contribution in [0.2, 0.25) is 0 Å². The Balaban J connectivity index is 1.52. The molecule has 36 heavy (non-hydrogen) atoms. The van der Waals surface area contributed by atoms with Crippen LogP contribution in [0.4, 0.5) is 0 Å². The van der Waals surface area contributed by atoms with E-state index in [4.69, 9.17) is 14.5 Å². The highest BCUT2D eigenvalue weighted by Crippen LogP contribution is 2.53. The zero-order chi connectivity index (χ0) is 24.6. The Morgan fingerprint density at radius 3 is 2.42 bits per heavy atom. The van der Waals surface area contributed by atoms with Crippen LogP contribution in [-0.2, 0) is 10.2 Å². The average Bonchev–Trinajstić information content (AvgIpc) is 2.87. The van der Waals surface area contributed by atoms with E-state index in [1.165, 1.54) is 43.6 Å². The van der Waals surface area contributed by atoms with Gasteiger partial charge in [0.25, 0.3) is 0 Å². The summed E-state index contributed by atoms with van der Waals surface area (Å²) in [5.41, 5.74) is 5.94.